The summed E-state index contributed by atoms with van der Waals surface area (Å²) >= 11 is 0. The molecule has 2 saturated heterocycles. The maximum absolute atomic E-state index is 14.4. The monoisotopic (exact) mass is 533 g/mol. The Morgan fingerprint density at radius 1 is 1.11 bits per heavy atom. The van der Waals surface area contributed by atoms with Gasteiger partial charge in [0, 0.05) is 41.7 Å². The molecular formula is C29H43NO8. The minimum absolute atomic E-state index is 0.0608. The van der Waals surface area contributed by atoms with Gasteiger partial charge in [0.25, 0.3) is 0 Å². The lowest BCUT2D eigenvalue weighted by Crippen LogP contribution is -2.62. The highest BCUT2D eigenvalue weighted by Crippen LogP contribution is 2.65. The molecule has 6 aliphatic rings. The smallest absolute Gasteiger partial charge is 0.409 e. The average Bonchev–Trinajstić information content (AvgIpc) is 3.33. The summed E-state index contributed by atoms with van der Waals surface area (Å²) in [5.74, 6) is -1.09. The summed E-state index contributed by atoms with van der Waals surface area (Å²) in [6.07, 6.45) is -1.97. The summed E-state index contributed by atoms with van der Waals surface area (Å²) < 4.78 is 11.9. The number of carbonyl (C=O) groups excluding carboxylic acids is 2. The van der Waals surface area contributed by atoms with E-state index in [4.69, 9.17) is 9.47 Å². The second kappa shape index (κ2) is 8.74. The standard InChI is InChI=1S/C29H43NO8/c1-12-8-19-23(30(11-12)27(36)37-5)14(3)29(38-19)10-18(32)21-16-7-6-15-9-17(31)24(33)26(35)28(15,4)22(16)25(34)20(21)13(29)2/h12,14-19,21-24,26,31-33,35H,6-11H2,1-5H3. The molecule has 212 valence electrons. The molecule has 2 aliphatic heterocycles. The molecule has 0 radical (unpaired) electrons. The van der Waals surface area contributed by atoms with Gasteiger partial charge in [-0.3, -0.25) is 4.79 Å². The highest BCUT2D eigenvalue weighted by Gasteiger charge is 2.69. The Morgan fingerprint density at radius 2 is 1.82 bits per heavy atom. The van der Waals surface area contributed by atoms with E-state index < -0.39 is 41.3 Å². The van der Waals surface area contributed by atoms with E-state index in [-0.39, 0.29) is 53.6 Å². The summed E-state index contributed by atoms with van der Waals surface area (Å²) in [6, 6.07) is -0.213. The average molecular weight is 534 g/mol. The number of likely N-dealkylation sites (tertiary alicyclic amines) is 1. The van der Waals surface area contributed by atoms with E-state index in [9.17, 15) is 30.0 Å². The molecule has 0 aromatic carbocycles. The quantitative estimate of drug-likeness (QED) is 0.369. The number of hydrogen-bond acceptors (Lipinski definition) is 8. The minimum Gasteiger partial charge on any atom is -0.453 e. The molecule has 14 unspecified atom stereocenters. The lowest BCUT2D eigenvalue weighted by atomic mass is 9.50. The summed E-state index contributed by atoms with van der Waals surface area (Å²) in [5.41, 5.74) is -0.292. The van der Waals surface area contributed by atoms with Gasteiger partial charge in [-0.15, -0.1) is 0 Å². The van der Waals surface area contributed by atoms with Crippen LogP contribution in [0.15, 0.2) is 11.1 Å². The fourth-order valence-corrected chi connectivity index (χ4v) is 10.1. The molecule has 0 bridgehead atoms. The van der Waals surface area contributed by atoms with Gasteiger partial charge >= 0.3 is 6.09 Å². The van der Waals surface area contributed by atoms with Crippen LogP contribution in [0.2, 0.25) is 0 Å². The first-order valence-corrected chi connectivity index (χ1v) is 14.4. The molecule has 1 amide bonds. The lowest BCUT2D eigenvalue weighted by Gasteiger charge is -2.56. The van der Waals surface area contributed by atoms with Crippen LogP contribution in [-0.2, 0) is 14.3 Å². The summed E-state index contributed by atoms with van der Waals surface area (Å²) in [4.78, 5) is 28.9. The van der Waals surface area contributed by atoms with E-state index in [1.807, 2.05) is 13.8 Å². The predicted octanol–water partition coefficient (Wildman–Crippen LogP) is 1.65. The van der Waals surface area contributed by atoms with Gasteiger partial charge in [-0.1, -0.05) is 20.8 Å². The summed E-state index contributed by atoms with van der Waals surface area (Å²) in [7, 11) is 1.39. The first kappa shape index (κ1) is 26.7. The summed E-state index contributed by atoms with van der Waals surface area (Å²) in [5, 5.41) is 43.9. The third-order valence-corrected chi connectivity index (χ3v) is 11.9. The number of rotatable bonds is 0. The van der Waals surface area contributed by atoms with E-state index in [1.54, 1.807) is 4.90 Å². The fourth-order valence-electron chi connectivity index (χ4n) is 10.1. The van der Waals surface area contributed by atoms with Crippen LogP contribution in [0.3, 0.4) is 0 Å². The molecule has 4 N–H and O–H groups in total. The summed E-state index contributed by atoms with van der Waals surface area (Å²) in [6.45, 7) is 8.57. The van der Waals surface area contributed by atoms with Gasteiger partial charge in [0.15, 0.2) is 5.78 Å². The van der Waals surface area contributed by atoms with Crippen molar-refractivity contribution in [3.8, 4) is 0 Å². The van der Waals surface area contributed by atoms with Crippen LogP contribution in [0.5, 0.6) is 0 Å². The van der Waals surface area contributed by atoms with E-state index in [2.05, 4.69) is 13.8 Å². The Morgan fingerprint density at radius 3 is 2.50 bits per heavy atom. The molecule has 6 rings (SSSR count). The van der Waals surface area contributed by atoms with E-state index in [1.165, 1.54) is 7.11 Å². The molecule has 4 aliphatic carbocycles. The van der Waals surface area contributed by atoms with Crippen LogP contribution in [0, 0.1) is 40.9 Å². The maximum Gasteiger partial charge on any atom is 0.409 e. The second-order valence-electron chi connectivity index (χ2n) is 13.5. The zero-order chi connectivity index (χ0) is 27.5. The molecule has 9 heteroatoms. The molecule has 1 spiro atoms. The SMILES string of the molecule is COC(=O)N1CC(C)CC2OC3(CC(O)C4C(=C3C)C(=O)C3C4CCC4CC(O)C(O)C(O)C43C)C(C)C21. The number of ether oxygens (including phenoxy) is 2. The van der Waals surface area contributed by atoms with E-state index >= 15 is 0 Å². The van der Waals surface area contributed by atoms with Gasteiger partial charge in [-0.25, -0.2) is 4.79 Å². The van der Waals surface area contributed by atoms with Gasteiger partial charge in [-0.05, 0) is 55.9 Å². The zero-order valence-corrected chi connectivity index (χ0v) is 23.0. The van der Waals surface area contributed by atoms with Crippen LogP contribution in [0.25, 0.3) is 0 Å². The van der Waals surface area contributed by atoms with Gasteiger partial charge in [0.2, 0.25) is 0 Å². The number of carbonyl (C=O) groups is 2. The van der Waals surface area contributed by atoms with Crippen molar-refractivity contribution in [3.05, 3.63) is 11.1 Å². The number of fused-ring (bicyclic) bond motifs is 6. The second-order valence-corrected chi connectivity index (χ2v) is 13.5. The number of Topliss-reactive ketones (excluding diaryl/α,β-unsaturated/α-hetero) is 1. The van der Waals surface area contributed by atoms with Crippen molar-refractivity contribution in [1.29, 1.82) is 0 Å². The molecule has 5 fully saturated rings. The predicted molar refractivity (Wildman–Crippen MR) is 136 cm³/mol. The van der Waals surface area contributed by atoms with Crippen molar-refractivity contribution in [2.45, 2.75) is 102 Å². The third kappa shape index (κ3) is 3.22. The number of nitrogens with zero attached hydrogens (tertiary/aromatic N) is 1. The molecule has 14 atom stereocenters. The van der Waals surface area contributed by atoms with Crippen molar-refractivity contribution >= 4 is 11.9 Å². The lowest BCUT2D eigenvalue weighted by molar-refractivity contribution is -0.205. The Balaban J connectivity index is 1.42. The van der Waals surface area contributed by atoms with Gasteiger partial charge in [0.1, 0.15) is 6.10 Å². The highest BCUT2D eigenvalue weighted by atomic mass is 16.5. The van der Waals surface area contributed by atoms with E-state index in [0.717, 1.165) is 24.8 Å². The number of hydrogen-bond donors (Lipinski definition) is 4. The van der Waals surface area contributed by atoms with Crippen LogP contribution >= 0.6 is 0 Å². The number of amides is 1. The third-order valence-electron chi connectivity index (χ3n) is 11.9. The normalized spacial score (nSPS) is 53.9. The Hall–Kier alpha value is -1.52. The van der Waals surface area contributed by atoms with Crippen molar-refractivity contribution in [1.82, 2.24) is 4.90 Å². The van der Waals surface area contributed by atoms with Crippen molar-refractivity contribution in [3.63, 3.8) is 0 Å². The van der Waals surface area contributed by atoms with Crippen LogP contribution in [0.1, 0.15) is 59.8 Å². The molecule has 3 saturated carbocycles. The fraction of sp³-hybridized carbons (Fsp3) is 0.862. The minimum atomic E-state index is -1.30. The Labute approximate surface area is 224 Å². The first-order chi connectivity index (χ1) is 17.9. The topological polar surface area (TPSA) is 137 Å². The number of methoxy groups -OCH3 is 1. The largest absolute Gasteiger partial charge is 0.453 e. The van der Waals surface area contributed by atoms with Crippen molar-refractivity contribution < 1.29 is 39.5 Å². The van der Waals surface area contributed by atoms with Crippen LogP contribution in [-0.4, -0.2) is 93.0 Å². The highest BCUT2D eigenvalue weighted by molar-refractivity contribution is 6.02. The number of piperidine rings is 1. The molecule has 0 aromatic rings. The van der Waals surface area contributed by atoms with E-state index in [0.29, 0.717) is 25.0 Å². The maximum atomic E-state index is 14.4. The van der Waals surface area contributed by atoms with Gasteiger partial charge < -0.3 is 34.8 Å². The zero-order valence-electron chi connectivity index (χ0n) is 23.0. The molecular weight excluding hydrogens is 490 g/mol. The molecule has 0 aromatic heterocycles. The van der Waals surface area contributed by atoms with Crippen LogP contribution < -0.4 is 0 Å². The van der Waals surface area contributed by atoms with Gasteiger partial charge in [0.05, 0.1) is 43.2 Å². The van der Waals surface area contributed by atoms with Gasteiger partial charge in [-0.2, -0.15) is 0 Å². The Kier molecular flexibility index (Phi) is 6.14. The number of ketones is 1. The van der Waals surface area contributed by atoms with Crippen LogP contribution in [0.4, 0.5) is 4.79 Å². The molecule has 38 heavy (non-hydrogen) atoms. The first-order valence-electron chi connectivity index (χ1n) is 14.4. The number of aliphatic hydroxyl groups is 4. The molecule has 2 heterocycles. The molecule has 9 nitrogen and oxygen atoms in total. The number of aliphatic hydroxyl groups excluding tert-OH is 4. The Bertz CT molecular complexity index is 1060. The van der Waals surface area contributed by atoms with Crippen molar-refractivity contribution in [2.75, 3.05) is 13.7 Å². The van der Waals surface area contributed by atoms with Crippen molar-refractivity contribution in [2.24, 2.45) is 40.9 Å².